The van der Waals surface area contributed by atoms with Gasteiger partial charge in [0.1, 0.15) is 23.2 Å². The zero-order valence-electron chi connectivity index (χ0n) is 19.2. The van der Waals surface area contributed by atoms with E-state index in [0.717, 1.165) is 44.0 Å². The first kappa shape index (κ1) is 26.9. The average Bonchev–Trinajstić information content (AvgIpc) is 2.81. The zero-order chi connectivity index (χ0) is 23.6. The molecule has 3 rings (SSSR count). The van der Waals surface area contributed by atoms with Crippen molar-refractivity contribution >= 4 is 30.0 Å². The number of carbonyl (C=O) groups is 1. The molecule has 10 heteroatoms. The van der Waals surface area contributed by atoms with Crippen LogP contribution >= 0.6 is 12.4 Å². The molecule has 2 aromatic carbocycles. The number of amides is 1. The van der Waals surface area contributed by atoms with Gasteiger partial charge >= 0.3 is 0 Å². The van der Waals surface area contributed by atoms with Crippen molar-refractivity contribution < 1.29 is 14.3 Å². The third-order valence-corrected chi connectivity index (χ3v) is 5.46. The minimum Gasteiger partial charge on any atom is -0.494 e. The Labute approximate surface area is 206 Å². The van der Waals surface area contributed by atoms with E-state index in [9.17, 15) is 4.79 Å². The van der Waals surface area contributed by atoms with E-state index in [4.69, 9.17) is 31.8 Å². The predicted octanol–water partition coefficient (Wildman–Crippen LogP) is 2.06. The van der Waals surface area contributed by atoms with Crippen LogP contribution in [-0.4, -0.2) is 73.3 Å². The van der Waals surface area contributed by atoms with E-state index in [1.165, 1.54) is 0 Å². The second kappa shape index (κ2) is 13.4. The number of amidine groups is 2. The summed E-state index contributed by atoms with van der Waals surface area (Å²) in [5, 5.41) is 14.8. The highest BCUT2D eigenvalue weighted by molar-refractivity contribution is 5.95. The van der Waals surface area contributed by atoms with Gasteiger partial charge in [-0.2, -0.15) is 0 Å². The molecule has 0 bridgehead atoms. The Morgan fingerprint density at radius 1 is 0.794 bits per heavy atom. The third-order valence-electron chi connectivity index (χ3n) is 5.46. The smallest absolute Gasteiger partial charge is 0.236 e. The number of nitrogens with zero attached hydrogens (tertiary/aromatic N) is 2. The van der Waals surface area contributed by atoms with E-state index in [0.29, 0.717) is 37.4 Å². The molecule has 1 amide bonds. The Morgan fingerprint density at radius 2 is 1.26 bits per heavy atom. The standard InChI is InChI=1S/C24H32N6O3.ClH/c25-23(26)18-3-7-20(8-4-18)32-15-1-11-29-13-14-30(22(31)17-29)12-2-16-33-21-9-5-19(6-10-21)24(27)28;/h3-10H,1-2,11-17H2,(H3,25,26)(H3,27,28);1H. The molecule has 0 aliphatic carbocycles. The van der Waals surface area contributed by atoms with Crippen molar-refractivity contribution in [2.24, 2.45) is 11.5 Å². The summed E-state index contributed by atoms with van der Waals surface area (Å²) in [5.74, 6) is 1.70. The first-order valence-electron chi connectivity index (χ1n) is 11.1. The Morgan fingerprint density at radius 3 is 1.71 bits per heavy atom. The second-order valence-electron chi connectivity index (χ2n) is 7.94. The molecule has 9 nitrogen and oxygen atoms in total. The van der Waals surface area contributed by atoms with E-state index in [1.807, 2.05) is 17.0 Å². The second-order valence-corrected chi connectivity index (χ2v) is 7.94. The Balaban J connectivity index is 0.00000408. The van der Waals surface area contributed by atoms with E-state index in [1.54, 1.807) is 36.4 Å². The molecule has 0 saturated carbocycles. The Bertz CT molecular complexity index is 952. The highest BCUT2D eigenvalue weighted by atomic mass is 35.5. The summed E-state index contributed by atoms with van der Waals surface area (Å²) in [5.41, 5.74) is 12.2. The summed E-state index contributed by atoms with van der Waals surface area (Å²) in [6.45, 7) is 4.59. The van der Waals surface area contributed by atoms with Crippen molar-refractivity contribution in [1.82, 2.24) is 9.80 Å². The largest absolute Gasteiger partial charge is 0.494 e. The van der Waals surface area contributed by atoms with Crippen LogP contribution in [0, 0.1) is 10.8 Å². The molecule has 0 unspecified atom stereocenters. The zero-order valence-corrected chi connectivity index (χ0v) is 20.0. The molecule has 6 N–H and O–H groups in total. The monoisotopic (exact) mass is 488 g/mol. The molecule has 0 aromatic heterocycles. The number of ether oxygens (including phenoxy) is 2. The maximum Gasteiger partial charge on any atom is 0.236 e. The van der Waals surface area contributed by atoms with E-state index in [2.05, 4.69) is 4.90 Å². The molecule has 0 atom stereocenters. The number of carbonyl (C=O) groups excluding carboxylic acids is 1. The van der Waals surface area contributed by atoms with Crippen LogP contribution in [0.3, 0.4) is 0 Å². The maximum atomic E-state index is 12.5. The van der Waals surface area contributed by atoms with Crippen molar-refractivity contribution in [2.45, 2.75) is 12.8 Å². The van der Waals surface area contributed by atoms with Crippen molar-refractivity contribution in [3.8, 4) is 11.5 Å². The van der Waals surface area contributed by atoms with Crippen molar-refractivity contribution in [3.05, 3.63) is 59.7 Å². The molecule has 0 radical (unpaired) electrons. The van der Waals surface area contributed by atoms with Crippen LogP contribution < -0.4 is 20.9 Å². The molecule has 1 aliphatic rings. The highest BCUT2D eigenvalue weighted by Gasteiger charge is 2.23. The quantitative estimate of drug-likeness (QED) is 0.205. The molecular weight excluding hydrogens is 456 g/mol. The van der Waals surface area contributed by atoms with Crippen LogP contribution in [0.15, 0.2) is 48.5 Å². The van der Waals surface area contributed by atoms with Gasteiger partial charge in [-0.05, 0) is 61.4 Å². The van der Waals surface area contributed by atoms with Gasteiger partial charge in [0.05, 0.1) is 19.8 Å². The number of rotatable bonds is 12. The lowest BCUT2D eigenvalue weighted by Gasteiger charge is -2.34. The van der Waals surface area contributed by atoms with E-state index < -0.39 is 0 Å². The van der Waals surface area contributed by atoms with E-state index in [-0.39, 0.29) is 30.0 Å². The summed E-state index contributed by atoms with van der Waals surface area (Å²) < 4.78 is 11.5. The first-order valence-corrected chi connectivity index (χ1v) is 11.1. The van der Waals surface area contributed by atoms with Gasteiger partial charge < -0.3 is 25.8 Å². The summed E-state index contributed by atoms with van der Waals surface area (Å²) in [6.07, 6.45) is 1.59. The number of hydrogen-bond acceptors (Lipinski definition) is 6. The molecule has 1 heterocycles. The fourth-order valence-electron chi connectivity index (χ4n) is 3.57. The number of piperazine rings is 1. The van der Waals surface area contributed by atoms with Crippen molar-refractivity contribution in [2.75, 3.05) is 45.9 Å². The van der Waals surface area contributed by atoms with Crippen LogP contribution in [0.1, 0.15) is 24.0 Å². The lowest BCUT2D eigenvalue weighted by molar-refractivity contribution is -0.136. The van der Waals surface area contributed by atoms with Gasteiger partial charge in [-0.1, -0.05) is 0 Å². The third kappa shape index (κ3) is 8.24. The molecule has 1 fully saturated rings. The number of nitrogen functional groups attached to an aromatic ring is 2. The van der Waals surface area contributed by atoms with Gasteiger partial charge in [-0.3, -0.25) is 20.5 Å². The molecule has 0 spiro atoms. The summed E-state index contributed by atoms with van der Waals surface area (Å²) in [7, 11) is 0. The number of nitrogens with one attached hydrogen (secondary N) is 2. The van der Waals surface area contributed by atoms with Gasteiger partial charge in [-0.25, -0.2) is 0 Å². The van der Waals surface area contributed by atoms with Crippen molar-refractivity contribution in [1.29, 1.82) is 10.8 Å². The SMILES string of the molecule is Cl.N=C(N)c1ccc(OCCCN2CCN(CCCOc3ccc(C(=N)N)cc3)C(=O)C2)cc1. The Hall–Kier alpha value is -3.30. The Kier molecular flexibility index (Phi) is 10.6. The minimum absolute atomic E-state index is 0. The molecule has 2 aromatic rings. The van der Waals surface area contributed by atoms with E-state index >= 15 is 0 Å². The molecule has 1 aliphatic heterocycles. The molecule has 184 valence electrons. The fourth-order valence-corrected chi connectivity index (χ4v) is 3.57. The number of benzene rings is 2. The fraction of sp³-hybridized carbons (Fsp3) is 0.375. The first-order chi connectivity index (χ1) is 15.9. The predicted molar refractivity (Wildman–Crippen MR) is 135 cm³/mol. The van der Waals surface area contributed by atoms with Crippen LogP contribution in [0.2, 0.25) is 0 Å². The molecular formula is C24H33ClN6O3. The average molecular weight is 489 g/mol. The van der Waals surface area contributed by atoms with Gasteiger partial charge in [0.25, 0.3) is 0 Å². The minimum atomic E-state index is 0. The normalized spacial score (nSPS) is 13.8. The van der Waals surface area contributed by atoms with Crippen molar-refractivity contribution in [3.63, 3.8) is 0 Å². The number of nitrogens with two attached hydrogens (primary N) is 2. The molecule has 34 heavy (non-hydrogen) atoms. The van der Waals surface area contributed by atoms with Gasteiger partial charge in [-0.15, -0.1) is 12.4 Å². The summed E-state index contributed by atoms with van der Waals surface area (Å²) in [6, 6.07) is 14.3. The number of halogens is 1. The molecule has 1 saturated heterocycles. The van der Waals surface area contributed by atoms with Gasteiger partial charge in [0, 0.05) is 37.3 Å². The van der Waals surface area contributed by atoms with Crippen LogP contribution in [-0.2, 0) is 4.79 Å². The van der Waals surface area contributed by atoms with Crippen LogP contribution in [0.25, 0.3) is 0 Å². The van der Waals surface area contributed by atoms with Gasteiger partial charge in [0.15, 0.2) is 0 Å². The van der Waals surface area contributed by atoms with Crippen LogP contribution in [0.5, 0.6) is 11.5 Å². The summed E-state index contributed by atoms with van der Waals surface area (Å²) >= 11 is 0. The summed E-state index contributed by atoms with van der Waals surface area (Å²) in [4.78, 5) is 16.5. The lowest BCUT2D eigenvalue weighted by Crippen LogP contribution is -2.50. The van der Waals surface area contributed by atoms with Crippen LogP contribution in [0.4, 0.5) is 0 Å². The lowest BCUT2D eigenvalue weighted by atomic mass is 10.2. The maximum absolute atomic E-state index is 12.5. The topological polar surface area (TPSA) is 142 Å². The van der Waals surface area contributed by atoms with Gasteiger partial charge in [0.2, 0.25) is 5.91 Å². The highest BCUT2D eigenvalue weighted by Crippen LogP contribution is 2.14. The number of hydrogen-bond donors (Lipinski definition) is 4.